The van der Waals surface area contributed by atoms with Crippen LogP contribution in [0.2, 0.25) is 0 Å². The van der Waals surface area contributed by atoms with E-state index in [2.05, 4.69) is 24.1 Å². The smallest absolute Gasteiger partial charge is 0.0612 e. The van der Waals surface area contributed by atoms with Crippen LogP contribution >= 0.6 is 0 Å². The highest BCUT2D eigenvalue weighted by Crippen LogP contribution is 2.31. The van der Waals surface area contributed by atoms with E-state index in [1.807, 2.05) is 0 Å². The van der Waals surface area contributed by atoms with Gasteiger partial charge in [-0.15, -0.1) is 0 Å². The SMILES string of the molecule is CC(C)C1CC(N2CC3CCCNC3C2)CCO1. The minimum atomic E-state index is 0.485. The fourth-order valence-corrected chi connectivity index (χ4v) is 3.98. The Morgan fingerprint density at radius 1 is 1.22 bits per heavy atom. The second-order valence-electron chi connectivity index (χ2n) is 6.75. The Bertz CT molecular complexity index is 268. The Hall–Kier alpha value is -0.120. The number of fused-ring (bicyclic) bond motifs is 1. The molecule has 3 rings (SSSR count). The molecule has 3 heteroatoms. The van der Waals surface area contributed by atoms with Gasteiger partial charge in [-0.1, -0.05) is 13.8 Å². The molecule has 4 unspecified atom stereocenters. The monoisotopic (exact) mass is 252 g/mol. The molecule has 18 heavy (non-hydrogen) atoms. The van der Waals surface area contributed by atoms with Crippen LogP contribution in [0.1, 0.15) is 39.5 Å². The first-order valence-electron chi connectivity index (χ1n) is 7.83. The number of hydrogen-bond acceptors (Lipinski definition) is 3. The number of piperidine rings is 1. The second-order valence-corrected chi connectivity index (χ2v) is 6.75. The van der Waals surface area contributed by atoms with Gasteiger partial charge in [0.2, 0.25) is 0 Å². The van der Waals surface area contributed by atoms with Crippen LogP contribution in [-0.2, 0) is 4.74 Å². The van der Waals surface area contributed by atoms with Crippen LogP contribution in [0.3, 0.4) is 0 Å². The lowest BCUT2D eigenvalue weighted by molar-refractivity contribution is -0.0452. The number of nitrogens with one attached hydrogen (secondary N) is 1. The van der Waals surface area contributed by atoms with E-state index in [1.54, 1.807) is 0 Å². The van der Waals surface area contributed by atoms with E-state index in [-0.39, 0.29) is 0 Å². The normalized spacial score (nSPS) is 42.2. The van der Waals surface area contributed by atoms with Crippen LogP contribution < -0.4 is 5.32 Å². The lowest BCUT2D eigenvalue weighted by Crippen LogP contribution is -2.44. The van der Waals surface area contributed by atoms with Gasteiger partial charge in [-0.05, 0) is 44.1 Å². The third kappa shape index (κ3) is 2.59. The topological polar surface area (TPSA) is 24.5 Å². The molecule has 104 valence electrons. The Kier molecular flexibility index (Phi) is 3.92. The molecule has 4 atom stereocenters. The van der Waals surface area contributed by atoms with Gasteiger partial charge in [-0.25, -0.2) is 0 Å². The average Bonchev–Trinajstić information content (AvgIpc) is 2.82. The highest BCUT2D eigenvalue weighted by atomic mass is 16.5. The standard InChI is InChI=1S/C15H28N2O/c1-11(2)15-8-13(5-7-18-15)17-9-12-4-3-6-16-14(12)10-17/h11-16H,3-10H2,1-2H3. The molecule has 3 aliphatic heterocycles. The molecule has 0 amide bonds. The summed E-state index contributed by atoms with van der Waals surface area (Å²) in [6.07, 6.45) is 5.78. The fraction of sp³-hybridized carbons (Fsp3) is 1.00. The summed E-state index contributed by atoms with van der Waals surface area (Å²) < 4.78 is 5.91. The lowest BCUT2D eigenvalue weighted by atomic mass is 9.94. The van der Waals surface area contributed by atoms with Crippen LogP contribution in [0.4, 0.5) is 0 Å². The Labute approximate surface area is 111 Å². The van der Waals surface area contributed by atoms with Crippen molar-refractivity contribution in [2.45, 2.75) is 57.7 Å². The van der Waals surface area contributed by atoms with E-state index in [9.17, 15) is 0 Å². The van der Waals surface area contributed by atoms with Crippen molar-refractivity contribution in [3.8, 4) is 0 Å². The Morgan fingerprint density at radius 2 is 2.11 bits per heavy atom. The predicted molar refractivity (Wildman–Crippen MR) is 73.7 cm³/mol. The lowest BCUT2D eigenvalue weighted by Gasteiger charge is -2.37. The third-order valence-corrected chi connectivity index (χ3v) is 5.17. The van der Waals surface area contributed by atoms with Gasteiger partial charge in [0.15, 0.2) is 0 Å². The molecule has 3 heterocycles. The first-order valence-corrected chi connectivity index (χ1v) is 7.83. The summed E-state index contributed by atoms with van der Waals surface area (Å²) in [5.41, 5.74) is 0. The fourth-order valence-electron chi connectivity index (χ4n) is 3.98. The molecule has 1 N–H and O–H groups in total. The summed E-state index contributed by atoms with van der Waals surface area (Å²) in [4.78, 5) is 2.76. The van der Waals surface area contributed by atoms with E-state index in [0.29, 0.717) is 12.0 Å². The van der Waals surface area contributed by atoms with Crippen LogP contribution in [0, 0.1) is 11.8 Å². The van der Waals surface area contributed by atoms with Crippen molar-refractivity contribution in [1.29, 1.82) is 0 Å². The molecule has 0 spiro atoms. The molecule has 0 radical (unpaired) electrons. The van der Waals surface area contributed by atoms with Gasteiger partial charge >= 0.3 is 0 Å². The zero-order valence-corrected chi connectivity index (χ0v) is 11.9. The van der Waals surface area contributed by atoms with Gasteiger partial charge in [0.05, 0.1) is 6.10 Å². The number of rotatable bonds is 2. The van der Waals surface area contributed by atoms with Gasteiger partial charge in [-0.2, -0.15) is 0 Å². The van der Waals surface area contributed by atoms with Crippen molar-refractivity contribution in [1.82, 2.24) is 10.2 Å². The van der Waals surface area contributed by atoms with Crippen LogP contribution in [-0.4, -0.2) is 49.3 Å². The average molecular weight is 252 g/mol. The summed E-state index contributed by atoms with van der Waals surface area (Å²) in [5.74, 6) is 1.58. The first-order chi connectivity index (χ1) is 8.74. The number of nitrogens with zero attached hydrogens (tertiary/aromatic N) is 1. The molecule has 0 aromatic heterocycles. The van der Waals surface area contributed by atoms with Crippen LogP contribution in [0.25, 0.3) is 0 Å². The summed E-state index contributed by atoms with van der Waals surface area (Å²) in [5, 5.41) is 3.71. The molecular formula is C15H28N2O. The molecule has 0 aromatic rings. The first kappa shape index (κ1) is 12.9. The number of likely N-dealkylation sites (tertiary alicyclic amines) is 1. The van der Waals surface area contributed by atoms with E-state index < -0.39 is 0 Å². The van der Waals surface area contributed by atoms with Crippen LogP contribution in [0.15, 0.2) is 0 Å². The highest BCUT2D eigenvalue weighted by molar-refractivity contribution is 4.95. The summed E-state index contributed by atoms with van der Waals surface area (Å²) in [6.45, 7) is 9.38. The second kappa shape index (κ2) is 5.48. The molecule has 0 aliphatic carbocycles. The minimum absolute atomic E-state index is 0.485. The van der Waals surface area contributed by atoms with Crippen molar-refractivity contribution < 1.29 is 4.74 Å². The number of hydrogen-bond donors (Lipinski definition) is 1. The van der Waals surface area contributed by atoms with E-state index in [0.717, 1.165) is 24.6 Å². The summed E-state index contributed by atoms with van der Waals surface area (Å²) in [6, 6.07) is 1.55. The highest BCUT2D eigenvalue weighted by Gasteiger charge is 2.39. The van der Waals surface area contributed by atoms with Crippen molar-refractivity contribution in [3.05, 3.63) is 0 Å². The van der Waals surface area contributed by atoms with Crippen LogP contribution in [0.5, 0.6) is 0 Å². The van der Waals surface area contributed by atoms with E-state index in [4.69, 9.17) is 4.74 Å². The Balaban J connectivity index is 1.58. The molecular weight excluding hydrogens is 224 g/mol. The van der Waals surface area contributed by atoms with Gasteiger partial charge in [-0.3, -0.25) is 4.90 Å². The van der Waals surface area contributed by atoms with Crippen molar-refractivity contribution in [2.24, 2.45) is 11.8 Å². The third-order valence-electron chi connectivity index (χ3n) is 5.17. The largest absolute Gasteiger partial charge is 0.378 e. The molecule has 3 saturated heterocycles. The maximum Gasteiger partial charge on any atom is 0.0612 e. The van der Waals surface area contributed by atoms with E-state index in [1.165, 1.54) is 45.3 Å². The Morgan fingerprint density at radius 3 is 2.89 bits per heavy atom. The van der Waals surface area contributed by atoms with Crippen molar-refractivity contribution in [3.63, 3.8) is 0 Å². The molecule has 0 saturated carbocycles. The quantitative estimate of drug-likeness (QED) is 0.812. The summed E-state index contributed by atoms with van der Waals surface area (Å²) >= 11 is 0. The molecule has 0 aromatic carbocycles. The molecule has 0 bridgehead atoms. The summed E-state index contributed by atoms with van der Waals surface area (Å²) in [7, 11) is 0. The van der Waals surface area contributed by atoms with Crippen molar-refractivity contribution >= 4 is 0 Å². The molecule has 3 aliphatic rings. The number of ether oxygens (including phenoxy) is 1. The van der Waals surface area contributed by atoms with E-state index >= 15 is 0 Å². The molecule has 3 fully saturated rings. The zero-order valence-electron chi connectivity index (χ0n) is 11.9. The van der Waals surface area contributed by atoms with Gasteiger partial charge in [0, 0.05) is 31.8 Å². The van der Waals surface area contributed by atoms with Gasteiger partial charge < -0.3 is 10.1 Å². The zero-order chi connectivity index (χ0) is 12.5. The molecule has 3 nitrogen and oxygen atoms in total. The van der Waals surface area contributed by atoms with Crippen molar-refractivity contribution in [2.75, 3.05) is 26.2 Å². The van der Waals surface area contributed by atoms with Gasteiger partial charge in [0.25, 0.3) is 0 Å². The maximum absolute atomic E-state index is 5.91. The maximum atomic E-state index is 5.91. The minimum Gasteiger partial charge on any atom is -0.378 e. The predicted octanol–water partition coefficient (Wildman–Crippen LogP) is 1.87. The van der Waals surface area contributed by atoms with Gasteiger partial charge in [0.1, 0.15) is 0 Å².